The van der Waals surface area contributed by atoms with E-state index in [1.807, 2.05) is 0 Å². The monoisotopic (exact) mass is 1160 g/mol. The highest BCUT2D eigenvalue weighted by Crippen LogP contribution is 2.20. The van der Waals surface area contributed by atoms with Crippen LogP contribution in [0.15, 0.2) is 48.6 Å². The van der Waals surface area contributed by atoms with E-state index in [1.165, 1.54) is 334 Å². The summed E-state index contributed by atoms with van der Waals surface area (Å²) in [7, 11) is 0. The van der Waals surface area contributed by atoms with E-state index < -0.39 is 6.10 Å². The molecule has 1 unspecified atom stereocenters. The van der Waals surface area contributed by atoms with Gasteiger partial charge in [0.05, 0.1) is 6.61 Å². The Morgan fingerprint density at radius 2 is 0.518 bits per heavy atom. The third-order valence-corrected chi connectivity index (χ3v) is 17.4. The first kappa shape index (κ1) is 80.9. The Labute approximate surface area is 519 Å². The fraction of sp³-hybridized carbons (Fsp3) is 0.872. The lowest BCUT2D eigenvalue weighted by Gasteiger charge is -2.15. The predicted octanol–water partition coefficient (Wildman–Crippen LogP) is 26.3. The Balaban J connectivity index is 3.36. The van der Waals surface area contributed by atoms with Gasteiger partial charge >= 0.3 is 11.9 Å². The molecular weight excluding hydrogens is 1020 g/mol. The van der Waals surface area contributed by atoms with Crippen molar-refractivity contribution in [2.24, 2.45) is 0 Å². The molecule has 0 aliphatic carbocycles. The maximum absolute atomic E-state index is 12.4. The van der Waals surface area contributed by atoms with Crippen LogP contribution in [0, 0.1) is 0 Å². The molecule has 83 heavy (non-hydrogen) atoms. The molecule has 0 saturated carbocycles. The number of carbonyl (C=O) groups excluding carboxylic acids is 2. The molecule has 488 valence electrons. The molecular formula is C78H146O5. The summed E-state index contributed by atoms with van der Waals surface area (Å²) in [4.78, 5) is 24.7. The number of aliphatic hydroxyl groups is 1. The summed E-state index contributed by atoms with van der Waals surface area (Å²) in [5, 5.41) is 9.72. The molecule has 0 aromatic rings. The van der Waals surface area contributed by atoms with Crippen molar-refractivity contribution in [2.75, 3.05) is 13.2 Å². The van der Waals surface area contributed by atoms with Gasteiger partial charge in [0.2, 0.25) is 0 Å². The van der Waals surface area contributed by atoms with Crippen molar-refractivity contribution in [1.29, 1.82) is 0 Å². The second-order valence-corrected chi connectivity index (χ2v) is 25.7. The molecule has 0 fully saturated rings. The molecule has 0 aromatic heterocycles. The van der Waals surface area contributed by atoms with E-state index >= 15 is 0 Å². The zero-order valence-corrected chi connectivity index (χ0v) is 56.2. The van der Waals surface area contributed by atoms with Gasteiger partial charge in [0, 0.05) is 12.8 Å². The number of allylic oxidation sites excluding steroid dienone is 8. The molecule has 0 aromatic carbocycles. The van der Waals surface area contributed by atoms with E-state index in [2.05, 4.69) is 62.5 Å². The number of aliphatic hydroxyl groups excluding tert-OH is 1. The summed E-state index contributed by atoms with van der Waals surface area (Å²) in [5.74, 6) is -0.563. The molecule has 5 heteroatoms. The zero-order valence-electron chi connectivity index (χ0n) is 56.2. The molecule has 0 aliphatic rings. The topological polar surface area (TPSA) is 72.8 Å². The van der Waals surface area contributed by atoms with Crippen LogP contribution in [-0.2, 0) is 19.1 Å². The average molecular weight is 1160 g/mol. The SMILES string of the molecule is CC/C=C\C/C=C\C/C=C\C/C=C\CCCCCCCCCCCCCCCCCCCCCCCCCCC(=O)OC(CO)COC(=O)CCCCCCCCCCCCCCCCCCCCCCCCCCCCCCCCCC. The molecule has 0 aliphatic heterocycles. The minimum absolute atomic E-state index is 0.0583. The molecule has 1 N–H and O–H groups in total. The van der Waals surface area contributed by atoms with E-state index in [-0.39, 0.29) is 25.2 Å². The predicted molar refractivity (Wildman–Crippen MR) is 367 cm³/mol. The molecule has 1 atom stereocenters. The van der Waals surface area contributed by atoms with E-state index in [0.717, 1.165) is 57.8 Å². The van der Waals surface area contributed by atoms with Crippen molar-refractivity contribution >= 4 is 11.9 Å². The third-order valence-electron chi connectivity index (χ3n) is 17.4. The van der Waals surface area contributed by atoms with Crippen molar-refractivity contribution in [3.8, 4) is 0 Å². The van der Waals surface area contributed by atoms with Gasteiger partial charge < -0.3 is 14.6 Å². The standard InChI is InChI=1S/C78H146O5/c1-3-5-7-9-11-13-15-17-19-21-23-25-27-29-31-33-35-37-38-39-40-41-43-45-47-49-51-53-55-57-59-61-63-65-67-69-71-73-78(81)83-76(74-79)75-82-77(80)72-70-68-66-64-62-60-58-56-54-52-50-48-46-44-42-36-34-32-30-28-26-24-22-20-18-16-14-12-10-8-6-4-2/h5,7,11,13,17,19,23,25,76,79H,3-4,6,8-10,12,14-16,18,20-22,24,26-75H2,1-2H3/b7-5-,13-11-,19-17-,25-23-. The van der Waals surface area contributed by atoms with E-state index in [1.54, 1.807) is 0 Å². The average Bonchev–Trinajstić information content (AvgIpc) is 3.49. The Hall–Kier alpha value is -2.14. The van der Waals surface area contributed by atoms with Crippen molar-refractivity contribution in [1.82, 2.24) is 0 Å². The van der Waals surface area contributed by atoms with Crippen LogP contribution in [0.1, 0.15) is 418 Å². The molecule has 0 heterocycles. The van der Waals surface area contributed by atoms with Crippen LogP contribution in [-0.4, -0.2) is 36.4 Å². The number of hydrogen-bond donors (Lipinski definition) is 1. The summed E-state index contributed by atoms with van der Waals surface area (Å²) in [6.07, 6.45) is 100. The first-order valence-electron chi connectivity index (χ1n) is 37.7. The third kappa shape index (κ3) is 72.2. The first-order chi connectivity index (χ1) is 41.1. The normalized spacial score (nSPS) is 12.4. The largest absolute Gasteiger partial charge is 0.462 e. The van der Waals surface area contributed by atoms with Crippen LogP contribution in [0.5, 0.6) is 0 Å². The number of rotatable bonds is 71. The molecule has 0 spiro atoms. The summed E-state index contributed by atoms with van der Waals surface area (Å²) >= 11 is 0. The summed E-state index contributed by atoms with van der Waals surface area (Å²) in [6.45, 7) is 4.10. The van der Waals surface area contributed by atoms with Gasteiger partial charge in [0.25, 0.3) is 0 Å². The number of unbranched alkanes of at least 4 members (excludes halogenated alkanes) is 55. The fourth-order valence-electron chi connectivity index (χ4n) is 11.8. The highest BCUT2D eigenvalue weighted by molar-refractivity contribution is 5.70. The van der Waals surface area contributed by atoms with Gasteiger partial charge in [0.1, 0.15) is 6.61 Å². The lowest BCUT2D eigenvalue weighted by atomic mass is 10.0. The van der Waals surface area contributed by atoms with Crippen molar-refractivity contribution < 1.29 is 24.2 Å². The van der Waals surface area contributed by atoms with Crippen LogP contribution in [0.4, 0.5) is 0 Å². The highest BCUT2D eigenvalue weighted by Gasteiger charge is 2.16. The smallest absolute Gasteiger partial charge is 0.306 e. The second-order valence-electron chi connectivity index (χ2n) is 25.7. The van der Waals surface area contributed by atoms with Crippen LogP contribution < -0.4 is 0 Å². The number of ether oxygens (including phenoxy) is 2. The van der Waals surface area contributed by atoms with Crippen molar-refractivity contribution in [3.05, 3.63) is 48.6 Å². The minimum atomic E-state index is -0.770. The summed E-state index contributed by atoms with van der Waals surface area (Å²) < 4.78 is 10.8. The molecule has 0 rings (SSSR count). The van der Waals surface area contributed by atoms with Crippen molar-refractivity contribution in [2.45, 2.75) is 424 Å². The van der Waals surface area contributed by atoms with E-state index in [4.69, 9.17) is 9.47 Å². The summed E-state index contributed by atoms with van der Waals surface area (Å²) in [6, 6.07) is 0. The first-order valence-corrected chi connectivity index (χ1v) is 37.7. The lowest BCUT2D eigenvalue weighted by Crippen LogP contribution is -2.28. The van der Waals surface area contributed by atoms with Gasteiger partial charge in [0.15, 0.2) is 6.10 Å². The Bertz CT molecular complexity index is 1360. The minimum Gasteiger partial charge on any atom is -0.462 e. The Morgan fingerprint density at radius 1 is 0.289 bits per heavy atom. The van der Waals surface area contributed by atoms with Gasteiger partial charge in [-0.3, -0.25) is 9.59 Å². The molecule has 0 amide bonds. The number of carbonyl (C=O) groups is 2. The Kier molecular flexibility index (Phi) is 72.2. The van der Waals surface area contributed by atoms with E-state index in [0.29, 0.717) is 12.8 Å². The molecule has 0 saturated heterocycles. The second kappa shape index (κ2) is 74.1. The van der Waals surface area contributed by atoms with Crippen LogP contribution in [0.25, 0.3) is 0 Å². The maximum atomic E-state index is 12.4. The van der Waals surface area contributed by atoms with Crippen LogP contribution in [0.2, 0.25) is 0 Å². The van der Waals surface area contributed by atoms with Gasteiger partial charge in [-0.25, -0.2) is 0 Å². The fourth-order valence-corrected chi connectivity index (χ4v) is 11.8. The highest BCUT2D eigenvalue weighted by atomic mass is 16.6. The van der Waals surface area contributed by atoms with Crippen molar-refractivity contribution in [3.63, 3.8) is 0 Å². The number of esters is 2. The number of hydrogen-bond acceptors (Lipinski definition) is 5. The quantitative estimate of drug-likeness (QED) is 0.0373. The van der Waals surface area contributed by atoms with Crippen LogP contribution in [0.3, 0.4) is 0 Å². The molecule has 0 radical (unpaired) electrons. The van der Waals surface area contributed by atoms with E-state index in [9.17, 15) is 14.7 Å². The van der Waals surface area contributed by atoms with Gasteiger partial charge in [-0.15, -0.1) is 0 Å². The maximum Gasteiger partial charge on any atom is 0.306 e. The molecule has 5 nitrogen and oxygen atoms in total. The summed E-state index contributed by atoms with van der Waals surface area (Å²) in [5.41, 5.74) is 0. The Morgan fingerprint density at radius 3 is 0.783 bits per heavy atom. The lowest BCUT2D eigenvalue weighted by molar-refractivity contribution is -0.161. The zero-order chi connectivity index (χ0) is 59.8. The van der Waals surface area contributed by atoms with Gasteiger partial charge in [-0.05, 0) is 51.4 Å². The van der Waals surface area contributed by atoms with Crippen LogP contribution >= 0.6 is 0 Å². The van der Waals surface area contributed by atoms with Gasteiger partial charge in [-0.1, -0.05) is 403 Å². The van der Waals surface area contributed by atoms with Gasteiger partial charge in [-0.2, -0.15) is 0 Å². The molecule has 0 bridgehead atoms.